The van der Waals surface area contributed by atoms with Gasteiger partial charge in [-0.05, 0) is 162 Å². The van der Waals surface area contributed by atoms with Gasteiger partial charge in [-0.15, -0.1) is 0 Å². The predicted octanol–water partition coefficient (Wildman–Crippen LogP) is 25.0. The zero-order valence-corrected chi connectivity index (χ0v) is 53.6. The molecule has 0 aliphatic carbocycles. The van der Waals surface area contributed by atoms with E-state index < -0.39 is 0 Å². The second-order valence-electron chi connectivity index (χ2n) is 25.2. The molecule has 18 aromatic rings. The number of fused-ring (bicyclic) bond motifs is 6. The SMILES string of the molecule is c1ccc(-c2cc(-c3cc(-n4c5ccc(-c6ccccc6-c6ccccc6)cc5c5cc(-c6ccccc6-c6ccccc6)ccc54)cc(-n4c5ccc(-c6ccccc6-c6ccccc6)cc5c5cc(-c6ccccc6-c6ccccc6)ccc54)c3)nc(-c3ccccc3)n2)cc1. The number of nitrogens with zero attached hydrogens (tertiary/aromatic N) is 4. The normalized spacial score (nSPS) is 11.5. The van der Waals surface area contributed by atoms with Gasteiger partial charge in [0, 0.05) is 49.6 Å². The van der Waals surface area contributed by atoms with Crippen LogP contribution in [-0.2, 0) is 0 Å². The van der Waals surface area contributed by atoms with Crippen LogP contribution in [-0.4, -0.2) is 19.1 Å². The first-order valence-electron chi connectivity index (χ1n) is 33.5. The van der Waals surface area contributed by atoms with Crippen molar-refractivity contribution in [2.75, 3.05) is 0 Å². The van der Waals surface area contributed by atoms with E-state index in [9.17, 15) is 0 Å². The van der Waals surface area contributed by atoms with Crippen molar-refractivity contribution in [2.45, 2.75) is 0 Å². The largest absolute Gasteiger partial charge is 0.309 e. The molecule has 0 fully saturated rings. The molecule has 0 saturated heterocycles. The topological polar surface area (TPSA) is 35.6 Å². The zero-order valence-electron chi connectivity index (χ0n) is 53.6. The highest BCUT2D eigenvalue weighted by molar-refractivity contribution is 6.14. The molecule has 18 rings (SSSR count). The zero-order chi connectivity index (χ0) is 64.9. The summed E-state index contributed by atoms with van der Waals surface area (Å²) < 4.78 is 4.97. The minimum Gasteiger partial charge on any atom is -0.309 e. The molecule has 0 amide bonds. The molecule has 98 heavy (non-hydrogen) atoms. The minimum atomic E-state index is 0.654. The average Bonchev–Trinajstić information content (AvgIpc) is 1.57. The van der Waals surface area contributed by atoms with Gasteiger partial charge in [0.2, 0.25) is 0 Å². The van der Waals surface area contributed by atoms with Crippen LogP contribution in [0.1, 0.15) is 0 Å². The summed E-state index contributed by atoms with van der Waals surface area (Å²) in [5.41, 5.74) is 29.6. The van der Waals surface area contributed by atoms with Crippen LogP contribution in [0.5, 0.6) is 0 Å². The highest BCUT2D eigenvalue weighted by atomic mass is 15.0. The van der Waals surface area contributed by atoms with Crippen molar-refractivity contribution < 1.29 is 0 Å². The third-order valence-corrected chi connectivity index (χ3v) is 19.4. The molecular formula is C94H62N4. The molecule has 4 heteroatoms. The lowest BCUT2D eigenvalue weighted by molar-refractivity contribution is 1.13. The van der Waals surface area contributed by atoms with Gasteiger partial charge in [-0.2, -0.15) is 0 Å². The van der Waals surface area contributed by atoms with Crippen LogP contribution in [0, 0.1) is 0 Å². The number of aromatic nitrogens is 4. The Morgan fingerprint density at radius 1 is 0.163 bits per heavy atom. The quantitative estimate of drug-likeness (QED) is 0.115. The second kappa shape index (κ2) is 24.7. The molecule has 3 heterocycles. The molecule has 15 aromatic carbocycles. The molecule has 0 radical (unpaired) electrons. The Hall–Kier alpha value is -13.0. The van der Waals surface area contributed by atoms with Gasteiger partial charge in [0.25, 0.3) is 0 Å². The van der Waals surface area contributed by atoms with Gasteiger partial charge in [-0.25, -0.2) is 9.97 Å². The van der Waals surface area contributed by atoms with Gasteiger partial charge >= 0.3 is 0 Å². The van der Waals surface area contributed by atoms with E-state index in [4.69, 9.17) is 9.97 Å². The number of hydrogen-bond acceptors (Lipinski definition) is 2. The summed E-state index contributed by atoms with van der Waals surface area (Å²) in [5.74, 6) is 0.654. The summed E-state index contributed by atoms with van der Waals surface area (Å²) in [4.78, 5) is 10.9. The van der Waals surface area contributed by atoms with E-state index >= 15 is 0 Å². The van der Waals surface area contributed by atoms with Gasteiger partial charge in [0.15, 0.2) is 5.82 Å². The minimum absolute atomic E-state index is 0.654. The smallest absolute Gasteiger partial charge is 0.160 e. The van der Waals surface area contributed by atoms with Crippen molar-refractivity contribution in [1.29, 1.82) is 0 Å². The third kappa shape index (κ3) is 10.5. The number of hydrogen-bond donors (Lipinski definition) is 0. The highest BCUT2D eigenvalue weighted by Gasteiger charge is 2.23. The van der Waals surface area contributed by atoms with Crippen LogP contribution in [0.3, 0.4) is 0 Å². The Morgan fingerprint density at radius 2 is 0.398 bits per heavy atom. The summed E-state index contributed by atoms with van der Waals surface area (Å²) >= 11 is 0. The average molecular weight is 1250 g/mol. The van der Waals surface area contributed by atoms with Crippen LogP contribution in [0.2, 0.25) is 0 Å². The van der Waals surface area contributed by atoms with Crippen LogP contribution >= 0.6 is 0 Å². The first-order chi connectivity index (χ1) is 48.6. The van der Waals surface area contributed by atoms with Crippen LogP contribution in [0.4, 0.5) is 0 Å². The predicted molar refractivity (Wildman–Crippen MR) is 411 cm³/mol. The van der Waals surface area contributed by atoms with Crippen molar-refractivity contribution in [2.24, 2.45) is 0 Å². The third-order valence-electron chi connectivity index (χ3n) is 19.4. The molecular weight excluding hydrogens is 1190 g/mol. The molecule has 0 atom stereocenters. The van der Waals surface area contributed by atoms with Crippen LogP contribution in [0.15, 0.2) is 376 Å². The summed E-state index contributed by atoms with van der Waals surface area (Å²) in [7, 11) is 0. The molecule has 0 unspecified atom stereocenters. The van der Waals surface area contributed by atoms with Gasteiger partial charge in [-0.3, -0.25) is 0 Å². The molecule has 0 N–H and O–H groups in total. The van der Waals surface area contributed by atoms with Crippen molar-refractivity contribution >= 4 is 43.6 Å². The summed E-state index contributed by atoms with van der Waals surface area (Å²) in [6.45, 7) is 0. The van der Waals surface area contributed by atoms with E-state index in [2.05, 4.69) is 379 Å². The fourth-order valence-electron chi connectivity index (χ4n) is 14.8. The maximum absolute atomic E-state index is 5.58. The molecule has 0 aliphatic rings. The molecule has 0 bridgehead atoms. The van der Waals surface area contributed by atoms with Crippen molar-refractivity contribution in [3.05, 3.63) is 376 Å². The van der Waals surface area contributed by atoms with Gasteiger partial charge < -0.3 is 9.13 Å². The Morgan fingerprint density at radius 3 is 0.684 bits per heavy atom. The molecule has 0 spiro atoms. The number of rotatable bonds is 13. The van der Waals surface area contributed by atoms with E-state index in [0.717, 1.165) is 105 Å². The van der Waals surface area contributed by atoms with E-state index in [-0.39, 0.29) is 0 Å². The second-order valence-corrected chi connectivity index (χ2v) is 25.2. The molecule has 3 aromatic heterocycles. The maximum Gasteiger partial charge on any atom is 0.160 e. The van der Waals surface area contributed by atoms with E-state index in [1.807, 2.05) is 6.07 Å². The Labute approximate surface area is 569 Å². The Kier molecular flexibility index (Phi) is 14.5. The molecule has 0 aliphatic heterocycles. The first-order valence-corrected chi connectivity index (χ1v) is 33.5. The summed E-state index contributed by atoms with van der Waals surface area (Å²) in [5, 5.41) is 4.59. The lowest BCUT2D eigenvalue weighted by Crippen LogP contribution is -2.02. The standard InChI is InChI=1S/C94H62N4/c1-7-27-63(28-8-1)76-39-19-23-43-80(76)69-47-51-90-84(57-69)85-58-70(81-44-24-20-40-77(81)64-29-9-2-10-30-64)48-52-91(85)97(90)74-55-73(89-62-88(67-35-15-5-16-36-67)95-94(96-89)68-37-17-6-18-38-68)56-75(61-74)98-92-53-49-71(82-45-25-21-41-78(82)65-31-11-3-12-32-65)59-86(92)87-60-72(50-54-93(87)98)83-46-26-22-42-79(83)66-33-13-4-14-34-66/h1-62H. The highest BCUT2D eigenvalue weighted by Crippen LogP contribution is 2.46. The van der Waals surface area contributed by atoms with Crippen molar-refractivity contribution in [1.82, 2.24) is 19.1 Å². The van der Waals surface area contributed by atoms with Gasteiger partial charge in [-0.1, -0.05) is 303 Å². The molecule has 0 saturated carbocycles. The molecule has 4 nitrogen and oxygen atoms in total. The number of benzene rings is 15. The lowest BCUT2D eigenvalue weighted by Gasteiger charge is -2.17. The summed E-state index contributed by atoms with van der Waals surface area (Å²) in [6.07, 6.45) is 0. The van der Waals surface area contributed by atoms with E-state index in [1.165, 1.54) is 66.8 Å². The van der Waals surface area contributed by atoms with Crippen molar-refractivity contribution in [3.8, 4) is 134 Å². The van der Waals surface area contributed by atoms with E-state index in [1.54, 1.807) is 0 Å². The Balaban J connectivity index is 0.924. The van der Waals surface area contributed by atoms with Gasteiger partial charge in [0.05, 0.1) is 33.5 Å². The lowest BCUT2D eigenvalue weighted by atomic mass is 9.92. The van der Waals surface area contributed by atoms with Crippen LogP contribution < -0.4 is 0 Å². The first kappa shape index (κ1) is 57.6. The molecule has 458 valence electrons. The maximum atomic E-state index is 5.58. The van der Waals surface area contributed by atoms with Crippen LogP contribution in [0.25, 0.3) is 178 Å². The summed E-state index contributed by atoms with van der Waals surface area (Å²) in [6, 6.07) is 137. The fourth-order valence-corrected chi connectivity index (χ4v) is 14.8. The van der Waals surface area contributed by atoms with Crippen molar-refractivity contribution in [3.63, 3.8) is 0 Å². The van der Waals surface area contributed by atoms with Gasteiger partial charge in [0.1, 0.15) is 0 Å². The fraction of sp³-hybridized carbons (Fsp3) is 0. The Bertz CT molecular complexity index is 5370. The van der Waals surface area contributed by atoms with E-state index in [0.29, 0.717) is 5.82 Å². The monoisotopic (exact) mass is 1250 g/mol.